The van der Waals surface area contributed by atoms with Crippen LogP contribution in [0.4, 0.5) is 0 Å². The molecule has 0 unspecified atom stereocenters. The van der Waals surface area contributed by atoms with E-state index in [9.17, 15) is 0 Å². The summed E-state index contributed by atoms with van der Waals surface area (Å²) in [4.78, 5) is 0. The first-order valence-electron chi connectivity index (χ1n) is 5.77. The van der Waals surface area contributed by atoms with Gasteiger partial charge in [0.2, 0.25) is 5.88 Å². The van der Waals surface area contributed by atoms with Gasteiger partial charge >= 0.3 is 0 Å². The molecule has 1 aromatic carbocycles. The topological polar surface area (TPSA) is 44.2 Å². The smallest absolute Gasteiger partial charge is 0.241 e. The Morgan fingerprint density at radius 3 is 2.65 bits per heavy atom. The van der Waals surface area contributed by atoms with Crippen LogP contribution in [0.3, 0.4) is 0 Å². The molecule has 0 aliphatic carbocycles. The summed E-state index contributed by atoms with van der Waals surface area (Å²) in [6.45, 7) is 6.50. The number of ether oxygens (including phenoxy) is 2. The maximum atomic E-state index is 5.38. The standard InChI is InChI=1S/C11H12N2O2.C2H6/c1-3-15-11-10-5-4-9(14-2)6-8(10)7-12-13-11;1-2/h4-7H,3H2,1-2H3;1-2H3. The average Bonchev–Trinajstić information content (AvgIpc) is 2.41. The Balaban J connectivity index is 0.000000686. The Kier molecular flexibility index (Phi) is 5.20. The number of nitrogens with zero attached hydrogens (tertiary/aromatic N) is 2. The SMILES string of the molecule is CC.CCOc1nncc2cc(OC)ccc12. The monoisotopic (exact) mass is 234 g/mol. The molecule has 4 nitrogen and oxygen atoms in total. The van der Waals surface area contributed by atoms with Gasteiger partial charge < -0.3 is 9.47 Å². The molecule has 0 aliphatic heterocycles. The van der Waals surface area contributed by atoms with Crippen molar-refractivity contribution in [3.8, 4) is 11.6 Å². The van der Waals surface area contributed by atoms with E-state index in [1.54, 1.807) is 13.3 Å². The van der Waals surface area contributed by atoms with Crippen molar-refractivity contribution in [1.82, 2.24) is 10.2 Å². The van der Waals surface area contributed by atoms with Gasteiger partial charge in [-0.1, -0.05) is 13.8 Å². The fourth-order valence-electron chi connectivity index (χ4n) is 1.41. The van der Waals surface area contributed by atoms with Crippen LogP contribution in [0.5, 0.6) is 11.6 Å². The van der Waals surface area contributed by atoms with E-state index in [-0.39, 0.29) is 0 Å². The lowest BCUT2D eigenvalue weighted by Gasteiger charge is -2.06. The predicted molar refractivity (Wildman–Crippen MR) is 68.6 cm³/mol. The predicted octanol–water partition coefficient (Wildman–Crippen LogP) is 3.06. The lowest BCUT2D eigenvalue weighted by Crippen LogP contribution is -1.96. The van der Waals surface area contributed by atoms with Gasteiger partial charge in [0.15, 0.2) is 0 Å². The number of hydrogen-bond acceptors (Lipinski definition) is 4. The zero-order valence-corrected chi connectivity index (χ0v) is 10.7. The summed E-state index contributed by atoms with van der Waals surface area (Å²) in [5.74, 6) is 1.37. The molecule has 0 radical (unpaired) electrons. The Morgan fingerprint density at radius 1 is 1.24 bits per heavy atom. The summed E-state index contributed by atoms with van der Waals surface area (Å²) < 4.78 is 10.5. The Morgan fingerprint density at radius 2 is 2.00 bits per heavy atom. The van der Waals surface area contributed by atoms with Crippen LogP contribution in [-0.2, 0) is 0 Å². The number of aromatic nitrogens is 2. The highest BCUT2D eigenvalue weighted by molar-refractivity contribution is 5.87. The number of hydrogen-bond donors (Lipinski definition) is 0. The zero-order chi connectivity index (χ0) is 12.7. The van der Waals surface area contributed by atoms with Gasteiger partial charge in [-0.3, -0.25) is 0 Å². The van der Waals surface area contributed by atoms with Gasteiger partial charge in [-0.15, -0.1) is 5.10 Å². The molecule has 0 amide bonds. The molecule has 0 N–H and O–H groups in total. The Labute approximate surface area is 102 Å². The second kappa shape index (κ2) is 6.68. The van der Waals surface area contributed by atoms with Crippen molar-refractivity contribution in [3.63, 3.8) is 0 Å². The first-order chi connectivity index (χ1) is 8.35. The van der Waals surface area contributed by atoms with E-state index in [1.165, 1.54) is 0 Å². The number of rotatable bonds is 3. The van der Waals surface area contributed by atoms with Crippen LogP contribution in [0.2, 0.25) is 0 Å². The fraction of sp³-hybridized carbons (Fsp3) is 0.385. The van der Waals surface area contributed by atoms with Crippen LogP contribution in [-0.4, -0.2) is 23.9 Å². The van der Waals surface area contributed by atoms with Crippen molar-refractivity contribution in [2.75, 3.05) is 13.7 Å². The summed E-state index contributed by atoms with van der Waals surface area (Å²) in [6, 6.07) is 5.72. The van der Waals surface area contributed by atoms with E-state index in [2.05, 4.69) is 10.2 Å². The highest BCUT2D eigenvalue weighted by atomic mass is 16.5. The normalized spacial score (nSPS) is 9.41. The summed E-state index contributed by atoms with van der Waals surface area (Å²) >= 11 is 0. The van der Waals surface area contributed by atoms with Crippen molar-refractivity contribution >= 4 is 10.8 Å². The largest absolute Gasteiger partial charge is 0.497 e. The molecule has 0 saturated heterocycles. The highest BCUT2D eigenvalue weighted by Gasteiger charge is 2.04. The van der Waals surface area contributed by atoms with Gasteiger partial charge in [0, 0.05) is 10.8 Å². The molecule has 0 fully saturated rings. The summed E-state index contributed by atoms with van der Waals surface area (Å²) in [7, 11) is 1.64. The van der Waals surface area contributed by atoms with E-state index in [0.29, 0.717) is 12.5 Å². The van der Waals surface area contributed by atoms with Gasteiger partial charge in [0.25, 0.3) is 0 Å². The van der Waals surface area contributed by atoms with Crippen LogP contribution >= 0.6 is 0 Å². The molecule has 2 rings (SSSR count). The molecule has 1 heterocycles. The lowest BCUT2D eigenvalue weighted by atomic mass is 10.2. The average molecular weight is 234 g/mol. The molecule has 0 saturated carbocycles. The van der Waals surface area contributed by atoms with E-state index < -0.39 is 0 Å². The number of fused-ring (bicyclic) bond motifs is 1. The molecule has 0 aliphatic rings. The van der Waals surface area contributed by atoms with Crippen molar-refractivity contribution < 1.29 is 9.47 Å². The molecular formula is C13H18N2O2. The summed E-state index contributed by atoms with van der Waals surface area (Å²) in [5, 5.41) is 9.73. The summed E-state index contributed by atoms with van der Waals surface area (Å²) in [5.41, 5.74) is 0. The lowest BCUT2D eigenvalue weighted by molar-refractivity contribution is 0.327. The molecule has 2 aromatic rings. The Hall–Kier alpha value is -1.84. The van der Waals surface area contributed by atoms with Gasteiger partial charge in [-0.25, -0.2) is 0 Å². The van der Waals surface area contributed by atoms with Crippen molar-refractivity contribution in [2.24, 2.45) is 0 Å². The number of benzene rings is 1. The fourth-order valence-corrected chi connectivity index (χ4v) is 1.41. The van der Waals surface area contributed by atoms with E-state index >= 15 is 0 Å². The van der Waals surface area contributed by atoms with E-state index in [0.717, 1.165) is 16.5 Å². The third-order valence-electron chi connectivity index (χ3n) is 2.12. The van der Waals surface area contributed by atoms with Gasteiger partial charge in [0.05, 0.1) is 19.9 Å². The third-order valence-corrected chi connectivity index (χ3v) is 2.12. The molecular weight excluding hydrogens is 216 g/mol. The van der Waals surface area contributed by atoms with Gasteiger partial charge in [-0.05, 0) is 25.1 Å². The maximum absolute atomic E-state index is 5.38. The molecule has 4 heteroatoms. The minimum absolute atomic E-state index is 0.567. The van der Waals surface area contributed by atoms with Gasteiger partial charge in [0.1, 0.15) is 5.75 Å². The van der Waals surface area contributed by atoms with Crippen LogP contribution in [0.15, 0.2) is 24.4 Å². The van der Waals surface area contributed by atoms with E-state index in [4.69, 9.17) is 9.47 Å². The van der Waals surface area contributed by atoms with Crippen LogP contribution in [0.25, 0.3) is 10.8 Å². The first kappa shape index (κ1) is 13.2. The third kappa shape index (κ3) is 3.06. The molecule has 1 aromatic heterocycles. The maximum Gasteiger partial charge on any atom is 0.241 e. The molecule has 17 heavy (non-hydrogen) atoms. The van der Waals surface area contributed by atoms with E-state index in [1.807, 2.05) is 39.0 Å². The Bertz CT molecular complexity index is 472. The van der Waals surface area contributed by atoms with Crippen molar-refractivity contribution in [1.29, 1.82) is 0 Å². The molecule has 92 valence electrons. The second-order valence-electron chi connectivity index (χ2n) is 3.04. The number of methoxy groups -OCH3 is 1. The minimum atomic E-state index is 0.567. The zero-order valence-electron chi connectivity index (χ0n) is 10.7. The molecule has 0 atom stereocenters. The quantitative estimate of drug-likeness (QED) is 0.818. The van der Waals surface area contributed by atoms with Crippen molar-refractivity contribution in [3.05, 3.63) is 24.4 Å². The highest BCUT2D eigenvalue weighted by Crippen LogP contribution is 2.25. The first-order valence-corrected chi connectivity index (χ1v) is 5.77. The minimum Gasteiger partial charge on any atom is -0.497 e. The molecule has 0 bridgehead atoms. The van der Waals surface area contributed by atoms with Crippen molar-refractivity contribution in [2.45, 2.75) is 20.8 Å². The van der Waals surface area contributed by atoms with Crippen LogP contribution in [0, 0.1) is 0 Å². The second-order valence-corrected chi connectivity index (χ2v) is 3.04. The van der Waals surface area contributed by atoms with Crippen LogP contribution < -0.4 is 9.47 Å². The molecule has 0 spiro atoms. The van der Waals surface area contributed by atoms with Gasteiger partial charge in [-0.2, -0.15) is 5.10 Å². The summed E-state index contributed by atoms with van der Waals surface area (Å²) in [6.07, 6.45) is 1.69. The van der Waals surface area contributed by atoms with Crippen LogP contribution in [0.1, 0.15) is 20.8 Å².